The molecule has 4 heteroatoms. The molecule has 2 rings (SSSR count). The van der Waals surface area contributed by atoms with Crippen LogP contribution in [0.2, 0.25) is 0 Å². The first-order chi connectivity index (χ1) is 7.40. The van der Waals surface area contributed by atoms with E-state index in [1.807, 2.05) is 6.07 Å². The molecule has 1 N–H and O–H groups in total. The molecule has 1 atom stereocenters. The first-order valence-corrected chi connectivity index (χ1v) is 5.18. The summed E-state index contributed by atoms with van der Waals surface area (Å²) in [7, 11) is 0. The number of hydrogen-bond acceptors (Lipinski definition) is 4. The van der Waals surface area contributed by atoms with Gasteiger partial charge in [-0.15, -0.1) is 6.58 Å². The third-order valence-electron chi connectivity index (χ3n) is 2.38. The Bertz CT molecular complexity index is 334. The average Bonchev–Trinajstić information content (AvgIpc) is 2.80. The van der Waals surface area contributed by atoms with E-state index in [0.717, 1.165) is 31.0 Å². The van der Waals surface area contributed by atoms with E-state index in [4.69, 9.17) is 4.74 Å². The maximum atomic E-state index is 5.56. The first kappa shape index (κ1) is 10.1. The molecule has 80 valence electrons. The molecule has 1 aromatic heterocycles. The predicted molar refractivity (Wildman–Crippen MR) is 58.6 cm³/mol. The largest absolute Gasteiger partial charge is 0.372 e. The fourth-order valence-electron chi connectivity index (χ4n) is 1.63. The van der Waals surface area contributed by atoms with Crippen LogP contribution in [0.1, 0.15) is 24.6 Å². The quantitative estimate of drug-likeness (QED) is 0.763. The molecule has 0 aromatic carbocycles. The van der Waals surface area contributed by atoms with Crippen LogP contribution in [-0.4, -0.2) is 23.1 Å². The Balaban J connectivity index is 2.07. The third-order valence-corrected chi connectivity index (χ3v) is 2.38. The summed E-state index contributed by atoms with van der Waals surface area (Å²) in [6, 6.07) is 1.94. The molecule has 1 aliphatic heterocycles. The Morgan fingerprint density at radius 2 is 2.53 bits per heavy atom. The smallest absolute Gasteiger partial charge is 0.129 e. The summed E-state index contributed by atoms with van der Waals surface area (Å²) in [6.07, 6.45) is 5.69. The van der Waals surface area contributed by atoms with Gasteiger partial charge in [-0.25, -0.2) is 9.97 Å². The van der Waals surface area contributed by atoms with Gasteiger partial charge in [0.25, 0.3) is 0 Å². The van der Waals surface area contributed by atoms with Crippen molar-refractivity contribution in [3.05, 3.63) is 30.7 Å². The second-order valence-electron chi connectivity index (χ2n) is 3.50. The van der Waals surface area contributed by atoms with Gasteiger partial charge in [0.2, 0.25) is 0 Å². The zero-order chi connectivity index (χ0) is 10.5. The lowest BCUT2D eigenvalue weighted by atomic mass is 10.2. The molecule has 4 nitrogen and oxygen atoms in total. The highest BCUT2D eigenvalue weighted by Gasteiger charge is 2.19. The van der Waals surface area contributed by atoms with Crippen LogP contribution >= 0.6 is 0 Å². The Morgan fingerprint density at radius 1 is 1.60 bits per heavy atom. The van der Waals surface area contributed by atoms with E-state index in [1.54, 1.807) is 12.4 Å². The van der Waals surface area contributed by atoms with Crippen LogP contribution < -0.4 is 5.32 Å². The highest BCUT2D eigenvalue weighted by molar-refractivity contribution is 5.36. The Labute approximate surface area is 89.4 Å². The maximum Gasteiger partial charge on any atom is 0.129 e. The minimum Gasteiger partial charge on any atom is -0.372 e. The van der Waals surface area contributed by atoms with Crippen LogP contribution in [0.15, 0.2) is 25.0 Å². The predicted octanol–water partition coefficient (Wildman–Crippen LogP) is 1.93. The highest BCUT2D eigenvalue weighted by atomic mass is 16.5. The Hall–Kier alpha value is -1.42. The van der Waals surface area contributed by atoms with Gasteiger partial charge in [-0.2, -0.15) is 0 Å². The minimum absolute atomic E-state index is 0.150. The van der Waals surface area contributed by atoms with Crippen molar-refractivity contribution in [2.75, 3.05) is 18.5 Å². The number of rotatable bonds is 4. The summed E-state index contributed by atoms with van der Waals surface area (Å²) < 4.78 is 5.56. The first-order valence-electron chi connectivity index (χ1n) is 5.18. The van der Waals surface area contributed by atoms with E-state index >= 15 is 0 Å². The Morgan fingerprint density at radius 3 is 3.27 bits per heavy atom. The summed E-state index contributed by atoms with van der Waals surface area (Å²) in [6.45, 7) is 5.19. The van der Waals surface area contributed by atoms with Gasteiger partial charge in [0.15, 0.2) is 0 Å². The maximum absolute atomic E-state index is 5.56. The lowest BCUT2D eigenvalue weighted by Gasteiger charge is -2.09. The molecule has 15 heavy (non-hydrogen) atoms. The standard InChI is InChI=1S/C11H15N3O/c1-2-5-12-11-7-9(13-8-14-11)10-4-3-6-15-10/h2,7-8,10H,1,3-6H2,(H,12,13,14). The molecule has 1 fully saturated rings. The minimum atomic E-state index is 0.150. The fourth-order valence-corrected chi connectivity index (χ4v) is 1.63. The van der Waals surface area contributed by atoms with Gasteiger partial charge in [0.1, 0.15) is 12.1 Å². The van der Waals surface area contributed by atoms with Crippen LogP contribution in [0.3, 0.4) is 0 Å². The van der Waals surface area contributed by atoms with E-state index in [-0.39, 0.29) is 6.10 Å². The van der Waals surface area contributed by atoms with Gasteiger partial charge in [0.05, 0.1) is 11.8 Å². The van der Waals surface area contributed by atoms with Gasteiger partial charge < -0.3 is 10.1 Å². The van der Waals surface area contributed by atoms with E-state index in [2.05, 4.69) is 21.9 Å². The van der Waals surface area contributed by atoms with Gasteiger partial charge in [-0.3, -0.25) is 0 Å². The molecule has 0 bridgehead atoms. The number of hydrogen-bond donors (Lipinski definition) is 1. The molecular formula is C11H15N3O. The number of anilines is 1. The summed E-state index contributed by atoms with van der Waals surface area (Å²) in [5.41, 5.74) is 0.967. The van der Waals surface area contributed by atoms with Gasteiger partial charge in [0, 0.05) is 19.2 Å². The van der Waals surface area contributed by atoms with Crippen molar-refractivity contribution in [1.82, 2.24) is 9.97 Å². The molecule has 1 aliphatic rings. The monoisotopic (exact) mass is 205 g/mol. The zero-order valence-electron chi connectivity index (χ0n) is 8.65. The van der Waals surface area contributed by atoms with Gasteiger partial charge in [-0.05, 0) is 12.8 Å². The van der Waals surface area contributed by atoms with Crippen molar-refractivity contribution in [2.24, 2.45) is 0 Å². The summed E-state index contributed by atoms with van der Waals surface area (Å²) in [5, 5.41) is 3.13. The van der Waals surface area contributed by atoms with Crippen molar-refractivity contribution in [2.45, 2.75) is 18.9 Å². The summed E-state index contributed by atoms with van der Waals surface area (Å²) >= 11 is 0. The van der Waals surface area contributed by atoms with E-state index in [9.17, 15) is 0 Å². The van der Waals surface area contributed by atoms with Crippen LogP contribution in [-0.2, 0) is 4.74 Å². The molecule has 1 saturated heterocycles. The van der Waals surface area contributed by atoms with Crippen molar-refractivity contribution in [3.63, 3.8) is 0 Å². The normalized spacial score (nSPS) is 20.1. The second-order valence-corrected chi connectivity index (χ2v) is 3.50. The number of nitrogens with one attached hydrogen (secondary N) is 1. The molecule has 0 radical (unpaired) electrons. The van der Waals surface area contributed by atoms with Crippen LogP contribution in [0.5, 0.6) is 0 Å². The second kappa shape index (κ2) is 4.89. The van der Waals surface area contributed by atoms with Crippen molar-refractivity contribution >= 4 is 5.82 Å². The molecule has 0 aliphatic carbocycles. The van der Waals surface area contributed by atoms with Crippen LogP contribution in [0.4, 0.5) is 5.82 Å². The number of aromatic nitrogens is 2. The summed E-state index contributed by atoms with van der Waals surface area (Å²) in [4.78, 5) is 8.35. The van der Waals surface area contributed by atoms with Gasteiger partial charge >= 0.3 is 0 Å². The van der Waals surface area contributed by atoms with Crippen LogP contribution in [0.25, 0.3) is 0 Å². The number of nitrogens with zero attached hydrogens (tertiary/aromatic N) is 2. The van der Waals surface area contributed by atoms with E-state index in [0.29, 0.717) is 6.54 Å². The lowest BCUT2D eigenvalue weighted by molar-refractivity contribution is 0.108. The molecular weight excluding hydrogens is 190 g/mol. The van der Waals surface area contributed by atoms with Crippen molar-refractivity contribution in [1.29, 1.82) is 0 Å². The Kier molecular flexibility index (Phi) is 3.29. The zero-order valence-corrected chi connectivity index (χ0v) is 8.65. The third kappa shape index (κ3) is 2.53. The molecule has 1 aromatic rings. The molecule has 0 amide bonds. The summed E-state index contributed by atoms with van der Waals surface area (Å²) in [5.74, 6) is 0.829. The number of ether oxygens (including phenoxy) is 1. The van der Waals surface area contributed by atoms with Crippen LogP contribution in [0, 0.1) is 0 Å². The van der Waals surface area contributed by atoms with Crippen molar-refractivity contribution in [3.8, 4) is 0 Å². The molecule has 0 saturated carbocycles. The molecule has 1 unspecified atom stereocenters. The fraction of sp³-hybridized carbons (Fsp3) is 0.455. The highest BCUT2D eigenvalue weighted by Crippen LogP contribution is 2.27. The molecule has 2 heterocycles. The van der Waals surface area contributed by atoms with E-state index in [1.165, 1.54) is 0 Å². The lowest BCUT2D eigenvalue weighted by Crippen LogP contribution is -2.04. The topological polar surface area (TPSA) is 47.0 Å². The molecule has 0 spiro atoms. The SMILES string of the molecule is C=CCNc1cc(C2CCCO2)ncn1. The van der Waals surface area contributed by atoms with Gasteiger partial charge in [-0.1, -0.05) is 6.08 Å². The average molecular weight is 205 g/mol. The van der Waals surface area contributed by atoms with E-state index < -0.39 is 0 Å². The van der Waals surface area contributed by atoms with Crippen molar-refractivity contribution < 1.29 is 4.74 Å².